The van der Waals surface area contributed by atoms with Crippen molar-refractivity contribution in [1.82, 2.24) is 0 Å². The minimum Gasteiger partial charge on any atom is -0.399 e. The predicted molar refractivity (Wildman–Crippen MR) is 87.7 cm³/mol. The second-order valence-electron chi connectivity index (χ2n) is 5.41. The van der Waals surface area contributed by atoms with Crippen LogP contribution in [0.1, 0.15) is 12.8 Å². The summed E-state index contributed by atoms with van der Waals surface area (Å²) in [4.78, 5) is 2.15. The predicted octanol–water partition coefficient (Wildman–Crippen LogP) is 0.958. The van der Waals surface area contributed by atoms with Gasteiger partial charge in [0.15, 0.2) is 0 Å². The summed E-state index contributed by atoms with van der Waals surface area (Å²) in [6.07, 6.45) is 7.34. The Balaban J connectivity index is 2.19. The van der Waals surface area contributed by atoms with Crippen molar-refractivity contribution in [3.63, 3.8) is 0 Å². The van der Waals surface area contributed by atoms with Gasteiger partial charge >= 0.3 is 0 Å². The number of nitrogens with two attached hydrogens (primary N) is 3. The first-order valence-corrected chi connectivity index (χ1v) is 7.20. The normalized spacial score (nSPS) is 21.2. The number of hydrogen-bond acceptors (Lipinski definition) is 5. The summed E-state index contributed by atoms with van der Waals surface area (Å²) in [7, 11) is 0. The van der Waals surface area contributed by atoms with E-state index in [-0.39, 0.29) is 6.61 Å². The van der Waals surface area contributed by atoms with Crippen LogP contribution in [0.4, 0.5) is 11.4 Å². The molecule has 5 nitrogen and oxygen atoms in total. The Morgan fingerprint density at radius 1 is 1.24 bits per heavy atom. The molecule has 1 aliphatic carbocycles. The number of hydrogen-bond donors (Lipinski definition) is 4. The first kappa shape index (κ1) is 15.6. The molecule has 0 saturated carbocycles. The van der Waals surface area contributed by atoms with Crippen LogP contribution in [0.3, 0.4) is 0 Å². The average molecular weight is 288 g/mol. The quantitative estimate of drug-likeness (QED) is 0.584. The smallest absolute Gasteiger partial charge is 0.0451 e. The maximum atomic E-state index is 9.07. The molecule has 0 amide bonds. The third kappa shape index (κ3) is 3.85. The highest BCUT2D eigenvalue weighted by Crippen LogP contribution is 2.27. The number of allylic oxidation sites excluding steroid dienone is 1. The molecule has 1 aromatic carbocycles. The minimum atomic E-state index is -0.451. The summed E-state index contributed by atoms with van der Waals surface area (Å²) in [5, 5.41) is 9.07. The highest BCUT2D eigenvalue weighted by atomic mass is 16.3. The highest BCUT2D eigenvalue weighted by Gasteiger charge is 2.24. The van der Waals surface area contributed by atoms with Gasteiger partial charge in [0.1, 0.15) is 0 Å². The van der Waals surface area contributed by atoms with Gasteiger partial charge < -0.3 is 27.2 Å². The fourth-order valence-electron chi connectivity index (χ4n) is 2.47. The largest absolute Gasteiger partial charge is 0.399 e. The van der Waals surface area contributed by atoms with Crippen molar-refractivity contribution < 1.29 is 5.11 Å². The third-order valence-electron chi connectivity index (χ3n) is 3.72. The fourth-order valence-corrected chi connectivity index (χ4v) is 2.47. The van der Waals surface area contributed by atoms with Crippen LogP contribution in [0.25, 0.3) is 0 Å². The number of anilines is 2. The van der Waals surface area contributed by atoms with Crippen molar-refractivity contribution in [2.75, 3.05) is 30.3 Å². The van der Waals surface area contributed by atoms with E-state index < -0.39 is 5.54 Å². The molecule has 1 aromatic rings. The number of benzene rings is 1. The SMILES string of the molecule is NCCN(C1=CCC(N)(CCO)C=C1)c1ccc(N)cc1. The summed E-state index contributed by atoms with van der Waals surface area (Å²) >= 11 is 0. The van der Waals surface area contributed by atoms with Crippen LogP contribution in [0.15, 0.2) is 48.2 Å². The Morgan fingerprint density at radius 3 is 2.48 bits per heavy atom. The third-order valence-corrected chi connectivity index (χ3v) is 3.72. The number of nitrogen functional groups attached to an aromatic ring is 1. The lowest BCUT2D eigenvalue weighted by atomic mass is 9.88. The zero-order valence-corrected chi connectivity index (χ0v) is 12.2. The van der Waals surface area contributed by atoms with Gasteiger partial charge in [0.05, 0.1) is 0 Å². The maximum absolute atomic E-state index is 9.07. The van der Waals surface area contributed by atoms with Gasteiger partial charge in [0, 0.05) is 42.3 Å². The Bertz CT molecular complexity index is 524. The molecule has 2 rings (SSSR count). The number of aliphatic hydroxyl groups is 1. The lowest BCUT2D eigenvalue weighted by Crippen LogP contribution is -2.40. The number of nitrogens with zero attached hydrogens (tertiary/aromatic N) is 1. The minimum absolute atomic E-state index is 0.0918. The first-order chi connectivity index (χ1) is 10.1. The van der Waals surface area contributed by atoms with Crippen LogP contribution in [0, 0.1) is 0 Å². The number of aliphatic hydroxyl groups excluding tert-OH is 1. The van der Waals surface area contributed by atoms with E-state index >= 15 is 0 Å². The summed E-state index contributed by atoms with van der Waals surface area (Å²) in [5.41, 5.74) is 20.1. The van der Waals surface area contributed by atoms with Gasteiger partial charge in [0.2, 0.25) is 0 Å². The van der Waals surface area contributed by atoms with Gasteiger partial charge in [-0.1, -0.05) is 12.2 Å². The average Bonchev–Trinajstić information content (AvgIpc) is 2.47. The molecule has 1 atom stereocenters. The lowest BCUT2D eigenvalue weighted by molar-refractivity contribution is 0.257. The van der Waals surface area contributed by atoms with E-state index in [9.17, 15) is 0 Å². The highest BCUT2D eigenvalue weighted by molar-refractivity contribution is 5.59. The molecule has 0 radical (unpaired) electrons. The van der Waals surface area contributed by atoms with E-state index in [4.69, 9.17) is 22.3 Å². The molecule has 0 aromatic heterocycles. The lowest BCUT2D eigenvalue weighted by Gasteiger charge is -2.32. The number of rotatable bonds is 6. The summed E-state index contributed by atoms with van der Waals surface area (Å²) in [6.45, 7) is 1.37. The molecule has 5 heteroatoms. The molecule has 21 heavy (non-hydrogen) atoms. The molecule has 0 spiro atoms. The van der Waals surface area contributed by atoms with E-state index in [0.717, 1.165) is 23.6 Å². The van der Waals surface area contributed by atoms with Gasteiger partial charge in [-0.3, -0.25) is 0 Å². The Kier molecular flexibility index (Phi) is 5.01. The van der Waals surface area contributed by atoms with Crippen LogP contribution in [0.5, 0.6) is 0 Å². The molecular formula is C16H24N4O. The van der Waals surface area contributed by atoms with E-state index in [1.54, 1.807) is 0 Å². The van der Waals surface area contributed by atoms with E-state index in [1.165, 1.54) is 0 Å². The van der Waals surface area contributed by atoms with Crippen molar-refractivity contribution >= 4 is 11.4 Å². The standard InChI is InChI=1S/C16H24N4O/c17-10-11-20(14-3-1-13(18)2-4-14)15-5-7-16(19,8-6-15)9-12-21/h1-7,21H,8-12,17-19H2. The molecule has 0 saturated heterocycles. The van der Waals surface area contributed by atoms with Crippen LogP contribution < -0.4 is 22.1 Å². The van der Waals surface area contributed by atoms with E-state index in [0.29, 0.717) is 19.4 Å². The maximum Gasteiger partial charge on any atom is 0.0451 e. The van der Waals surface area contributed by atoms with Gasteiger partial charge in [-0.25, -0.2) is 0 Å². The van der Waals surface area contributed by atoms with Crippen molar-refractivity contribution in [3.8, 4) is 0 Å². The molecule has 0 bridgehead atoms. The molecule has 0 fully saturated rings. The van der Waals surface area contributed by atoms with Crippen LogP contribution in [-0.4, -0.2) is 30.3 Å². The van der Waals surface area contributed by atoms with E-state index in [1.807, 2.05) is 36.4 Å². The summed E-state index contributed by atoms with van der Waals surface area (Å²) in [6, 6.07) is 7.73. The topological polar surface area (TPSA) is 102 Å². The van der Waals surface area contributed by atoms with Crippen LogP contribution in [-0.2, 0) is 0 Å². The van der Waals surface area contributed by atoms with Crippen LogP contribution in [0.2, 0.25) is 0 Å². The fraction of sp³-hybridized carbons (Fsp3) is 0.375. The molecular weight excluding hydrogens is 264 g/mol. The molecule has 1 aliphatic rings. The van der Waals surface area contributed by atoms with Crippen molar-refractivity contribution in [2.45, 2.75) is 18.4 Å². The second kappa shape index (κ2) is 6.76. The van der Waals surface area contributed by atoms with Gasteiger partial charge in [-0.05, 0) is 43.2 Å². The monoisotopic (exact) mass is 288 g/mol. The summed E-state index contributed by atoms with van der Waals surface area (Å²) in [5.74, 6) is 0. The first-order valence-electron chi connectivity index (χ1n) is 7.20. The Labute approximate surface area is 125 Å². The van der Waals surface area contributed by atoms with Crippen molar-refractivity contribution in [2.24, 2.45) is 11.5 Å². The van der Waals surface area contributed by atoms with Crippen molar-refractivity contribution in [3.05, 3.63) is 48.2 Å². The van der Waals surface area contributed by atoms with Gasteiger partial charge in [0.25, 0.3) is 0 Å². The van der Waals surface area contributed by atoms with Crippen LogP contribution >= 0.6 is 0 Å². The molecule has 0 aliphatic heterocycles. The van der Waals surface area contributed by atoms with Crippen molar-refractivity contribution in [1.29, 1.82) is 0 Å². The Hall–Kier alpha value is -1.82. The van der Waals surface area contributed by atoms with Gasteiger partial charge in [-0.2, -0.15) is 0 Å². The van der Waals surface area contributed by atoms with Gasteiger partial charge in [-0.15, -0.1) is 0 Å². The van der Waals surface area contributed by atoms with E-state index in [2.05, 4.69) is 11.0 Å². The summed E-state index contributed by atoms with van der Waals surface area (Å²) < 4.78 is 0. The zero-order chi connectivity index (χ0) is 15.3. The Morgan fingerprint density at radius 2 is 1.95 bits per heavy atom. The zero-order valence-electron chi connectivity index (χ0n) is 12.2. The molecule has 0 heterocycles. The molecule has 1 unspecified atom stereocenters. The molecule has 7 N–H and O–H groups in total. The second-order valence-corrected chi connectivity index (χ2v) is 5.41. The molecule has 114 valence electrons.